The maximum absolute atomic E-state index is 11.3. The van der Waals surface area contributed by atoms with E-state index < -0.39 is 0 Å². The van der Waals surface area contributed by atoms with Crippen LogP contribution in [-0.2, 0) is 17.8 Å². The fourth-order valence-corrected chi connectivity index (χ4v) is 1.55. The first-order chi connectivity index (χ1) is 8.29. The Morgan fingerprint density at radius 2 is 2.24 bits per heavy atom. The van der Waals surface area contributed by atoms with Crippen molar-refractivity contribution in [2.45, 2.75) is 13.0 Å². The van der Waals surface area contributed by atoms with Crippen molar-refractivity contribution in [2.75, 3.05) is 7.05 Å². The highest BCUT2D eigenvalue weighted by molar-refractivity contribution is 5.75. The van der Waals surface area contributed by atoms with Crippen LogP contribution >= 0.6 is 0 Å². The number of carbonyl (C=O) groups excluding carboxylic acids is 1. The minimum atomic E-state index is -0.0368. The summed E-state index contributed by atoms with van der Waals surface area (Å²) in [5.74, 6) is 0.803. The van der Waals surface area contributed by atoms with E-state index >= 15 is 0 Å². The molecule has 2 heterocycles. The van der Waals surface area contributed by atoms with Crippen molar-refractivity contribution < 1.29 is 4.79 Å². The van der Waals surface area contributed by atoms with Gasteiger partial charge in [-0.3, -0.25) is 9.78 Å². The number of carbonyl (C=O) groups is 1. The summed E-state index contributed by atoms with van der Waals surface area (Å²) in [4.78, 5) is 19.8. The standard InChI is InChI=1S/C12H14N4O/c1-13-12(17)9-16-7-6-15-11(16)8-10-4-2-3-5-14-10/h2-7H,8-9H2,1H3,(H,13,17). The molecule has 1 amide bonds. The number of imidazole rings is 1. The van der Waals surface area contributed by atoms with Gasteiger partial charge in [0.05, 0.1) is 0 Å². The highest BCUT2D eigenvalue weighted by atomic mass is 16.1. The second-order valence-electron chi connectivity index (χ2n) is 3.64. The third kappa shape index (κ3) is 2.90. The molecule has 0 aliphatic carbocycles. The van der Waals surface area contributed by atoms with Crippen LogP contribution < -0.4 is 5.32 Å². The molecule has 2 aromatic heterocycles. The van der Waals surface area contributed by atoms with Gasteiger partial charge in [-0.15, -0.1) is 0 Å². The first kappa shape index (κ1) is 11.3. The molecule has 17 heavy (non-hydrogen) atoms. The molecule has 0 spiro atoms. The number of rotatable bonds is 4. The molecule has 1 N–H and O–H groups in total. The smallest absolute Gasteiger partial charge is 0.239 e. The van der Waals surface area contributed by atoms with Crippen molar-refractivity contribution >= 4 is 5.91 Å². The molecule has 5 heteroatoms. The fraction of sp³-hybridized carbons (Fsp3) is 0.250. The topological polar surface area (TPSA) is 59.8 Å². The average molecular weight is 230 g/mol. The Kier molecular flexibility index (Phi) is 3.49. The molecular weight excluding hydrogens is 216 g/mol. The molecule has 0 saturated heterocycles. The molecule has 88 valence electrons. The lowest BCUT2D eigenvalue weighted by molar-refractivity contribution is -0.121. The van der Waals surface area contributed by atoms with Gasteiger partial charge in [0.2, 0.25) is 5.91 Å². The van der Waals surface area contributed by atoms with Gasteiger partial charge in [-0.2, -0.15) is 0 Å². The van der Waals surface area contributed by atoms with E-state index in [4.69, 9.17) is 0 Å². The summed E-state index contributed by atoms with van der Waals surface area (Å²) in [6.45, 7) is 0.290. The van der Waals surface area contributed by atoms with E-state index in [9.17, 15) is 4.79 Å². The van der Waals surface area contributed by atoms with Crippen molar-refractivity contribution in [3.05, 3.63) is 48.3 Å². The molecule has 2 rings (SSSR count). The zero-order valence-corrected chi connectivity index (χ0v) is 9.63. The minimum Gasteiger partial charge on any atom is -0.358 e. The third-order valence-electron chi connectivity index (χ3n) is 2.46. The number of aromatic nitrogens is 3. The first-order valence-electron chi connectivity index (χ1n) is 5.40. The van der Waals surface area contributed by atoms with Crippen molar-refractivity contribution in [1.82, 2.24) is 19.9 Å². The highest BCUT2D eigenvalue weighted by Crippen LogP contribution is 2.05. The van der Waals surface area contributed by atoms with E-state index in [0.717, 1.165) is 11.5 Å². The van der Waals surface area contributed by atoms with Gasteiger partial charge in [0.15, 0.2) is 0 Å². The Labute approximate surface area is 99.5 Å². The predicted molar refractivity (Wildman–Crippen MR) is 63.3 cm³/mol. The molecule has 0 saturated carbocycles. The van der Waals surface area contributed by atoms with Crippen molar-refractivity contribution in [3.63, 3.8) is 0 Å². The molecule has 0 unspecified atom stereocenters. The lowest BCUT2D eigenvalue weighted by Gasteiger charge is -2.06. The van der Waals surface area contributed by atoms with E-state index in [1.165, 1.54) is 0 Å². The molecule has 2 aromatic rings. The molecule has 0 fully saturated rings. The summed E-state index contributed by atoms with van der Waals surface area (Å²) in [5.41, 5.74) is 0.942. The van der Waals surface area contributed by atoms with Gasteiger partial charge in [0.1, 0.15) is 12.4 Å². The Hall–Kier alpha value is -2.17. The van der Waals surface area contributed by atoms with Gasteiger partial charge >= 0.3 is 0 Å². The third-order valence-corrected chi connectivity index (χ3v) is 2.46. The van der Waals surface area contributed by atoms with E-state index in [-0.39, 0.29) is 5.91 Å². The Morgan fingerprint density at radius 1 is 1.35 bits per heavy atom. The number of nitrogens with one attached hydrogen (secondary N) is 1. The summed E-state index contributed by atoms with van der Waals surface area (Å²) in [6.07, 6.45) is 5.88. The zero-order chi connectivity index (χ0) is 12.1. The summed E-state index contributed by atoms with van der Waals surface area (Å²) < 4.78 is 1.83. The van der Waals surface area contributed by atoms with Crippen molar-refractivity contribution in [2.24, 2.45) is 0 Å². The number of nitrogens with zero attached hydrogens (tertiary/aromatic N) is 3. The van der Waals surface area contributed by atoms with Gasteiger partial charge < -0.3 is 9.88 Å². The molecule has 0 radical (unpaired) electrons. The zero-order valence-electron chi connectivity index (χ0n) is 9.63. The summed E-state index contributed by atoms with van der Waals surface area (Å²) in [6, 6.07) is 5.76. The number of amides is 1. The van der Waals surface area contributed by atoms with Gasteiger partial charge in [-0.25, -0.2) is 4.98 Å². The predicted octanol–water partition coefficient (Wildman–Crippen LogP) is 0.615. The van der Waals surface area contributed by atoms with Gasteiger partial charge in [0.25, 0.3) is 0 Å². The van der Waals surface area contributed by atoms with Crippen LogP contribution in [0, 0.1) is 0 Å². The highest BCUT2D eigenvalue weighted by Gasteiger charge is 2.07. The van der Waals surface area contributed by atoms with Gasteiger partial charge in [-0.1, -0.05) is 6.07 Å². The number of pyridine rings is 1. The second-order valence-corrected chi connectivity index (χ2v) is 3.64. The van der Waals surface area contributed by atoms with Gasteiger partial charge in [0, 0.05) is 37.8 Å². The molecule has 0 aromatic carbocycles. The SMILES string of the molecule is CNC(=O)Cn1ccnc1Cc1ccccn1. The largest absolute Gasteiger partial charge is 0.358 e. The fourth-order valence-electron chi connectivity index (χ4n) is 1.55. The Bertz CT molecular complexity index is 492. The van der Waals surface area contributed by atoms with E-state index in [0.29, 0.717) is 13.0 Å². The molecular formula is C12H14N4O. The first-order valence-corrected chi connectivity index (χ1v) is 5.40. The average Bonchev–Trinajstić information content (AvgIpc) is 2.78. The van der Waals surface area contributed by atoms with Crippen LogP contribution in [0.5, 0.6) is 0 Å². The van der Waals surface area contributed by atoms with Crippen LogP contribution in [-0.4, -0.2) is 27.5 Å². The number of hydrogen-bond acceptors (Lipinski definition) is 3. The maximum Gasteiger partial charge on any atom is 0.239 e. The summed E-state index contributed by atoms with van der Waals surface area (Å²) in [5, 5.41) is 2.59. The van der Waals surface area contributed by atoms with Crippen LogP contribution in [0.4, 0.5) is 0 Å². The maximum atomic E-state index is 11.3. The lowest BCUT2D eigenvalue weighted by atomic mass is 10.2. The van der Waals surface area contributed by atoms with Crippen LogP contribution in [0.2, 0.25) is 0 Å². The van der Waals surface area contributed by atoms with Crippen LogP contribution in [0.15, 0.2) is 36.8 Å². The lowest BCUT2D eigenvalue weighted by Crippen LogP contribution is -2.24. The van der Waals surface area contributed by atoms with Crippen molar-refractivity contribution in [3.8, 4) is 0 Å². The molecule has 5 nitrogen and oxygen atoms in total. The monoisotopic (exact) mass is 230 g/mol. The van der Waals surface area contributed by atoms with E-state index in [1.807, 2.05) is 22.8 Å². The van der Waals surface area contributed by atoms with Crippen LogP contribution in [0.25, 0.3) is 0 Å². The Balaban J connectivity index is 2.12. The van der Waals surface area contributed by atoms with E-state index in [2.05, 4.69) is 15.3 Å². The second kappa shape index (κ2) is 5.25. The quantitative estimate of drug-likeness (QED) is 0.837. The molecule has 0 aliphatic heterocycles. The molecule has 0 aliphatic rings. The van der Waals surface area contributed by atoms with Crippen LogP contribution in [0.3, 0.4) is 0 Å². The number of hydrogen-bond donors (Lipinski definition) is 1. The Morgan fingerprint density at radius 3 is 2.94 bits per heavy atom. The van der Waals surface area contributed by atoms with E-state index in [1.54, 1.807) is 25.6 Å². The minimum absolute atomic E-state index is 0.0368. The normalized spacial score (nSPS) is 10.2. The van der Waals surface area contributed by atoms with Gasteiger partial charge in [-0.05, 0) is 12.1 Å². The summed E-state index contributed by atoms with van der Waals surface area (Å²) in [7, 11) is 1.62. The molecule has 0 bridgehead atoms. The van der Waals surface area contributed by atoms with Crippen LogP contribution in [0.1, 0.15) is 11.5 Å². The van der Waals surface area contributed by atoms with Crippen molar-refractivity contribution in [1.29, 1.82) is 0 Å². The summed E-state index contributed by atoms with van der Waals surface area (Å²) >= 11 is 0. The molecule has 0 atom stereocenters. The number of likely N-dealkylation sites (N-methyl/N-ethyl adjacent to an activating group) is 1.